The fourth-order valence-corrected chi connectivity index (χ4v) is 2.34. The van der Waals surface area contributed by atoms with Crippen molar-refractivity contribution >= 4 is 22.9 Å². The Morgan fingerprint density at radius 1 is 1.25 bits per heavy atom. The minimum absolute atomic E-state index is 0.0660. The van der Waals surface area contributed by atoms with E-state index in [0.717, 1.165) is 5.56 Å². The van der Waals surface area contributed by atoms with Crippen molar-refractivity contribution in [1.29, 1.82) is 0 Å². The highest BCUT2D eigenvalue weighted by molar-refractivity contribution is 7.07. The first kappa shape index (κ1) is 14.5. The van der Waals surface area contributed by atoms with Gasteiger partial charge in [-0.1, -0.05) is 0 Å². The molecule has 2 rings (SSSR count). The van der Waals surface area contributed by atoms with Crippen LogP contribution in [0.1, 0.15) is 12.0 Å². The van der Waals surface area contributed by atoms with E-state index >= 15 is 0 Å². The summed E-state index contributed by atoms with van der Waals surface area (Å²) in [4.78, 5) is 11.7. The Labute approximate surface area is 119 Å². The van der Waals surface area contributed by atoms with Gasteiger partial charge in [0.15, 0.2) is 0 Å². The van der Waals surface area contributed by atoms with Crippen LogP contribution in [0.2, 0.25) is 0 Å². The van der Waals surface area contributed by atoms with Gasteiger partial charge in [0.1, 0.15) is 5.75 Å². The van der Waals surface area contributed by atoms with E-state index in [1.807, 2.05) is 16.8 Å². The van der Waals surface area contributed by atoms with Gasteiger partial charge in [-0.15, -0.1) is 0 Å². The van der Waals surface area contributed by atoms with Crippen molar-refractivity contribution in [2.45, 2.75) is 19.5 Å². The van der Waals surface area contributed by atoms with Crippen molar-refractivity contribution < 1.29 is 18.3 Å². The summed E-state index contributed by atoms with van der Waals surface area (Å²) in [6.07, 6.45) is 1.06. The number of ether oxygens (including phenoxy) is 1. The average Bonchev–Trinajstić information content (AvgIpc) is 2.91. The lowest BCUT2D eigenvalue weighted by Gasteiger charge is -2.07. The van der Waals surface area contributed by atoms with Gasteiger partial charge in [-0.2, -0.15) is 20.1 Å². The summed E-state index contributed by atoms with van der Waals surface area (Å²) in [6, 6.07) is 7.82. The molecule has 0 bridgehead atoms. The monoisotopic (exact) mass is 297 g/mol. The van der Waals surface area contributed by atoms with Gasteiger partial charge in [0.05, 0.1) is 0 Å². The highest BCUT2D eigenvalue weighted by atomic mass is 32.1. The molecule has 1 aromatic carbocycles. The fourth-order valence-electron chi connectivity index (χ4n) is 1.64. The SMILES string of the molecule is O=C(CCc1ccsc1)Nc1ccc(OC(F)F)cc1. The molecule has 0 aliphatic carbocycles. The van der Waals surface area contributed by atoms with Crippen LogP contribution < -0.4 is 10.1 Å². The molecule has 0 aliphatic heterocycles. The Morgan fingerprint density at radius 2 is 2.00 bits per heavy atom. The molecular weight excluding hydrogens is 284 g/mol. The standard InChI is InChI=1S/C14H13F2NO2S/c15-14(16)19-12-4-2-11(3-5-12)17-13(18)6-1-10-7-8-20-9-10/h2-5,7-9,14H,1,6H2,(H,17,18). The normalized spacial score (nSPS) is 10.6. The van der Waals surface area contributed by atoms with Crippen LogP contribution in [-0.4, -0.2) is 12.5 Å². The molecular formula is C14H13F2NO2S. The molecule has 1 N–H and O–H groups in total. The summed E-state index contributed by atoms with van der Waals surface area (Å²) in [5.41, 5.74) is 1.69. The van der Waals surface area contributed by atoms with Crippen molar-refractivity contribution in [3.05, 3.63) is 46.7 Å². The number of rotatable bonds is 6. The van der Waals surface area contributed by atoms with Gasteiger partial charge in [-0.25, -0.2) is 0 Å². The summed E-state index contributed by atoms with van der Waals surface area (Å²) >= 11 is 1.59. The highest BCUT2D eigenvalue weighted by Crippen LogP contribution is 2.18. The number of anilines is 1. The third-order valence-corrected chi connectivity index (χ3v) is 3.32. The largest absolute Gasteiger partial charge is 0.435 e. The lowest BCUT2D eigenvalue weighted by Crippen LogP contribution is -2.12. The van der Waals surface area contributed by atoms with Gasteiger partial charge >= 0.3 is 6.61 Å². The number of thiophene rings is 1. The van der Waals surface area contributed by atoms with Crippen molar-refractivity contribution in [2.75, 3.05) is 5.32 Å². The minimum atomic E-state index is -2.85. The summed E-state index contributed by atoms with van der Waals surface area (Å²) < 4.78 is 28.2. The number of halogens is 2. The molecule has 0 unspecified atom stereocenters. The Morgan fingerprint density at radius 3 is 2.60 bits per heavy atom. The number of carbonyl (C=O) groups is 1. The second-order valence-electron chi connectivity index (χ2n) is 4.08. The van der Waals surface area contributed by atoms with E-state index in [-0.39, 0.29) is 11.7 Å². The van der Waals surface area contributed by atoms with Gasteiger partial charge in [-0.3, -0.25) is 4.79 Å². The number of alkyl halides is 2. The van der Waals surface area contributed by atoms with E-state index in [1.54, 1.807) is 11.3 Å². The van der Waals surface area contributed by atoms with Crippen LogP contribution in [0, 0.1) is 0 Å². The molecule has 1 aromatic heterocycles. The number of amides is 1. The summed E-state index contributed by atoms with van der Waals surface area (Å²) in [5, 5.41) is 6.68. The molecule has 106 valence electrons. The molecule has 0 saturated heterocycles. The van der Waals surface area contributed by atoms with Crippen LogP contribution in [0.4, 0.5) is 14.5 Å². The lowest BCUT2D eigenvalue weighted by molar-refractivity contribution is -0.116. The van der Waals surface area contributed by atoms with Gasteiger partial charge in [0, 0.05) is 12.1 Å². The third-order valence-electron chi connectivity index (χ3n) is 2.58. The fraction of sp³-hybridized carbons (Fsp3) is 0.214. The maximum Gasteiger partial charge on any atom is 0.387 e. The minimum Gasteiger partial charge on any atom is -0.435 e. The second kappa shape index (κ2) is 7.00. The first-order chi connectivity index (χ1) is 9.63. The van der Waals surface area contributed by atoms with Crippen molar-refractivity contribution in [1.82, 2.24) is 0 Å². The van der Waals surface area contributed by atoms with Gasteiger partial charge in [0.2, 0.25) is 5.91 Å². The zero-order valence-electron chi connectivity index (χ0n) is 10.5. The number of nitrogens with one attached hydrogen (secondary N) is 1. The van der Waals surface area contributed by atoms with Crippen LogP contribution in [0.25, 0.3) is 0 Å². The van der Waals surface area contributed by atoms with Crippen molar-refractivity contribution in [3.63, 3.8) is 0 Å². The molecule has 20 heavy (non-hydrogen) atoms. The molecule has 0 radical (unpaired) electrons. The van der Waals surface area contributed by atoms with Crippen LogP contribution in [0.15, 0.2) is 41.1 Å². The Hall–Kier alpha value is -1.95. The zero-order valence-corrected chi connectivity index (χ0v) is 11.3. The van der Waals surface area contributed by atoms with Crippen LogP contribution in [0.3, 0.4) is 0 Å². The number of aryl methyl sites for hydroxylation is 1. The van der Waals surface area contributed by atoms with Crippen molar-refractivity contribution in [3.8, 4) is 5.75 Å². The maximum absolute atomic E-state index is 12.0. The molecule has 0 aliphatic rings. The number of benzene rings is 1. The number of hydrogen-bond donors (Lipinski definition) is 1. The van der Waals surface area contributed by atoms with E-state index in [2.05, 4.69) is 10.1 Å². The number of carbonyl (C=O) groups excluding carboxylic acids is 1. The lowest BCUT2D eigenvalue weighted by atomic mass is 10.2. The first-order valence-corrected chi connectivity index (χ1v) is 6.93. The van der Waals surface area contributed by atoms with Crippen LogP contribution in [0.5, 0.6) is 5.75 Å². The molecule has 1 heterocycles. The smallest absolute Gasteiger partial charge is 0.387 e. The van der Waals surface area contributed by atoms with Gasteiger partial charge in [0.25, 0.3) is 0 Å². The molecule has 0 fully saturated rings. The van der Waals surface area contributed by atoms with E-state index < -0.39 is 6.61 Å². The Balaban J connectivity index is 1.81. The van der Waals surface area contributed by atoms with Crippen LogP contribution in [-0.2, 0) is 11.2 Å². The zero-order chi connectivity index (χ0) is 14.4. The van der Waals surface area contributed by atoms with Gasteiger partial charge in [-0.05, 0) is 53.1 Å². The topological polar surface area (TPSA) is 38.3 Å². The summed E-state index contributed by atoms with van der Waals surface area (Å²) in [7, 11) is 0. The Kier molecular flexibility index (Phi) is 5.06. The van der Waals surface area contributed by atoms with Crippen molar-refractivity contribution in [2.24, 2.45) is 0 Å². The molecule has 6 heteroatoms. The molecule has 1 amide bonds. The Bertz CT molecular complexity index is 541. The predicted octanol–water partition coefficient (Wildman–Crippen LogP) is 3.92. The third kappa shape index (κ3) is 4.62. The molecule has 0 spiro atoms. The van der Waals surface area contributed by atoms with E-state index in [0.29, 0.717) is 18.5 Å². The molecule has 0 atom stereocenters. The number of hydrogen-bond acceptors (Lipinski definition) is 3. The predicted molar refractivity (Wildman–Crippen MR) is 74.3 cm³/mol. The van der Waals surface area contributed by atoms with Crippen LogP contribution >= 0.6 is 11.3 Å². The van der Waals surface area contributed by atoms with Gasteiger partial charge < -0.3 is 10.1 Å². The maximum atomic E-state index is 12.0. The molecule has 2 aromatic rings. The molecule has 3 nitrogen and oxygen atoms in total. The summed E-state index contributed by atoms with van der Waals surface area (Å²) in [5.74, 6) is -0.0463. The average molecular weight is 297 g/mol. The summed E-state index contributed by atoms with van der Waals surface area (Å²) in [6.45, 7) is -2.85. The first-order valence-electron chi connectivity index (χ1n) is 5.99. The highest BCUT2D eigenvalue weighted by Gasteiger charge is 2.06. The second-order valence-corrected chi connectivity index (χ2v) is 4.86. The van der Waals surface area contributed by atoms with E-state index in [9.17, 15) is 13.6 Å². The molecule has 0 saturated carbocycles. The van der Waals surface area contributed by atoms with E-state index in [4.69, 9.17) is 0 Å². The quantitative estimate of drug-likeness (QED) is 0.877. The van der Waals surface area contributed by atoms with E-state index in [1.165, 1.54) is 24.3 Å².